The first kappa shape index (κ1) is 18.0. The zero-order valence-electron chi connectivity index (χ0n) is 15.8. The summed E-state index contributed by atoms with van der Waals surface area (Å²) in [7, 11) is 0. The van der Waals surface area contributed by atoms with Crippen molar-refractivity contribution in [3.8, 4) is 11.1 Å². The van der Waals surface area contributed by atoms with Crippen LogP contribution in [0.4, 0.5) is 5.69 Å². The summed E-state index contributed by atoms with van der Waals surface area (Å²) < 4.78 is 0. The number of hydrogen-bond acceptors (Lipinski definition) is 2. The standard InChI is InChI=1S/C24H22N2O2/c1-16(27)26-15-22-13-12-20(17-6-9-19(10-7-17)24(25)28)14-21(22)11-8-18-4-2-3-5-23(18)26/h2-7,9-10,12-14H,8,11,15H2,1H3,(H2,25,28). The number of anilines is 1. The van der Waals surface area contributed by atoms with E-state index in [2.05, 4.69) is 24.3 Å². The second-order valence-electron chi connectivity index (χ2n) is 7.16. The summed E-state index contributed by atoms with van der Waals surface area (Å²) in [5.74, 6) is -0.376. The number of hydrogen-bond donors (Lipinski definition) is 1. The van der Waals surface area contributed by atoms with E-state index in [1.165, 1.54) is 16.7 Å². The average Bonchev–Trinajstić information content (AvgIpc) is 2.69. The van der Waals surface area contributed by atoms with Crippen LogP contribution in [0.5, 0.6) is 0 Å². The lowest BCUT2D eigenvalue weighted by Gasteiger charge is -2.28. The van der Waals surface area contributed by atoms with E-state index in [1.807, 2.05) is 35.2 Å². The Labute approximate surface area is 164 Å². The summed E-state index contributed by atoms with van der Waals surface area (Å²) in [5, 5.41) is 0. The van der Waals surface area contributed by atoms with Gasteiger partial charge in [0, 0.05) is 18.2 Å². The van der Waals surface area contributed by atoms with Crippen LogP contribution in [0.2, 0.25) is 0 Å². The van der Waals surface area contributed by atoms with Crippen LogP contribution in [0.15, 0.2) is 66.7 Å². The van der Waals surface area contributed by atoms with Crippen molar-refractivity contribution in [1.29, 1.82) is 0 Å². The first-order valence-corrected chi connectivity index (χ1v) is 9.41. The maximum Gasteiger partial charge on any atom is 0.248 e. The fourth-order valence-corrected chi connectivity index (χ4v) is 3.81. The minimum Gasteiger partial charge on any atom is -0.366 e. The van der Waals surface area contributed by atoms with Crippen molar-refractivity contribution in [2.24, 2.45) is 5.73 Å². The summed E-state index contributed by atoms with van der Waals surface area (Å²) in [6.07, 6.45) is 1.81. The van der Waals surface area contributed by atoms with Gasteiger partial charge in [-0.3, -0.25) is 9.59 Å². The summed E-state index contributed by atoms with van der Waals surface area (Å²) >= 11 is 0. The van der Waals surface area contributed by atoms with Gasteiger partial charge in [-0.2, -0.15) is 0 Å². The molecule has 1 heterocycles. The fourth-order valence-electron chi connectivity index (χ4n) is 3.81. The monoisotopic (exact) mass is 370 g/mol. The molecule has 4 rings (SSSR count). The lowest BCUT2D eigenvalue weighted by Crippen LogP contribution is -2.30. The molecule has 2 amide bonds. The highest BCUT2D eigenvalue weighted by Gasteiger charge is 2.20. The Morgan fingerprint density at radius 1 is 0.821 bits per heavy atom. The molecule has 0 spiro atoms. The molecule has 28 heavy (non-hydrogen) atoms. The quantitative estimate of drug-likeness (QED) is 0.738. The second-order valence-corrected chi connectivity index (χ2v) is 7.16. The molecular weight excluding hydrogens is 348 g/mol. The number of aryl methyl sites for hydroxylation is 2. The molecule has 140 valence electrons. The van der Waals surface area contributed by atoms with Gasteiger partial charge in [-0.05, 0) is 58.9 Å². The van der Waals surface area contributed by atoms with Crippen molar-refractivity contribution in [1.82, 2.24) is 0 Å². The zero-order valence-corrected chi connectivity index (χ0v) is 15.8. The Kier molecular flexibility index (Phi) is 4.70. The molecule has 0 radical (unpaired) electrons. The normalized spacial score (nSPS) is 13.1. The minimum atomic E-state index is -0.423. The van der Waals surface area contributed by atoms with Crippen molar-refractivity contribution in [3.63, 3.8) is 0 Å². The number of nitrogens with two attached hydrogens (primary N) is 1. The molecule has 3 aromatic carbocycles. The molecule has 4 nitrogen and oxygen atoms in total. The van der Waals surface area contributed by atoms with E-state index in [0.29, 0.717) is 12.1 Å². The Hall–Kier alpha value is -3.40. The molecule has 1 aliphatic heterocycles. The van der Waals surface area contributed by atoms with Gasteiger partial charge in [-0.25, -0.2) is 0 Å². The Bertz CT molecular complexity index is 1050. The highest BCUT2D eigenvalue weighted by atomic mass is 16.2. The highest BCUT2D eigenvalue weighted by molar-refractivity contribution is 5.93. The SMILES string of the molecule is CC(=O)N1Cc2ccc(-c3ccc(C(N)=O)cc3)cc2CCc2ccccc21. The minimum absolute atomic E-state index is 0.0476. The van der Waals surface area contributed by atoms with E-state index in [9.17, 15) is 9.59 Å². The third-order valence-corrected chi connectivity index (χ3v) is 5.36. The topological polar surface area (TPSA) is 63.4 Å². The third-order valence-electron chi connectivity index (χ3n) is 5.36. The zero-order chi connectivity index (χ0) is 19.7. The van der Waals surface area contributed by atoms with E-state index >= 15 is 0 Å². The average molecular weight is 370 g/mol. The Balaban J connectivity index is 1.71. The smallest absolute Gasteiger partial charge is 0.248 e. The third kappa shape index (κ3) is 3.41. The van der Waals surface area contributed by atoms with Crippen molar-refractivity contribution >= 4 is 17.5 Å². The van der Waals surface area contributed by atoms with Gasteiger partial charge in [-0.15, -0.1) is 0 Å². The van der Waals surface area contributed by atoms with Crippen LogP contribution < -0.4 is 10.6 Å². The van der Waals surface area contributed by atoms with E-state index in [1.54, 1.807) is 19.1 Å². The van der Waals surface area contributed by atoms with Crippen LogP contribution in [0.1, 0.15) is 34.0 Å². The summed E-state index contributed by atoms with van der Waals surface area (Å²) in [6, 6.07) is 21.8. The number of benzene rings is 3. The van der Waals surface area contributed by atoms with E-state index in [0.717, 1.165) is 29.7 Å². The van der Waals surface area contributed by atoms with Crippen molar-refractivity contribution in [2.45, 2.75) is 26.3 Å². The van der Waals surface area contributed by atoms with Crippen LogP contribution in [-0.2, 0) is 24.2 Å². The van der Waals surface area contributed by atoms with Gasteiger partial charge in [0.05, 0.1) is 6.54 Å². The molecule has 2 N–H and O–H groups in total. The van der Waals surface area contributed by atoms with Gasteiger partial charge in [0.1, 0.15) is 0 Å². The van der Waals surface area contributed by atoms with Gasteiger partial charge in [-0.1, -0.05) is 48.5 Å². The molecule has 0 aliphatic carbocycles. The van der Waals surface area contributed by atoms with Crippen molar-refractivity contribution in [2.75, 3.05) is 4.90 Å². The van der Waals surface area contributed by atoms with Crippen LogP contribution in [0.25, 0.3) is 11.1 Å². The number of amides is 2. The first-order chi connectivity index (χ1) is 13.5. The Morgan fingerprint density at radius 3 is 2.21 bits per heavy atom. The van der Waals surface area contributed by atoms with Gasteiger partial charge in [0.15, 0.2) is 0 Å². The summed E-state index contributed by atoms with van der Waals surface area (Å²) in [6.45, 7) is 2.19. The lowest BCUT2D eigenvalue weighted by molar-refractivity contribution is -0.116. The predicted molar refractivity (Wildman–Crippen MR) is 111 cm³/mol. The molecular formula is C24H22N2O2. The molecule has 1 aliphatic rings. The molecule has 0 fully saturated rings. The first-order valence-electron chi connectivity index (χ1n) is 9.41. The van der Waals surface area contributed by atoms with Crippen molar-refractivity contribution < 1.29 is 9.59 Å². The van der Waals surface area contributed by atoms with Gasteiger partial charge < -0.3 is 10.6 Å². The van der Waals surface area contributed by atoms with Crippen LogP contribution in [0, 0.1) is 0 Å². The summed E-state index contributed by atoms with van der Waals surface area (Å²) in [5.41, 5.74) is 12.6. The molecule has 3 aromatic rings. The molecule has 0 aromatic heterocycles. The van der Waals surface area contributed by atoms with Gasteiger partial charge in [0.2, 0.25) is 11.8 Å². The van der Waals surface area contributed by atoms with Crippen LogP contribution in [0.3, 0.4) is 0 Å². The lowest BCUT2D eigenvalue weighted by atomic mass is 9.92. The molecule has 0 unspecified atom stereocenters. The van der Waals surface area contributed by atoms with E-state index in [-0.39, 0.29) is 5.91 Å². The maximum atomic E-state index is 12.3. The molecule has 0 bridgehead atoms. The molecule has 4 heteroatoms. The van der Waals surface area contributed by atoms with E-state index in [4.69, 9.17) is 5.73 Å². The highest BCUT2D eigenvalue weighted by Crippen LogP contribution is 2.31. The number of rotatable bonds is 2. The van der Waals surface area contributed by atoms with E-state index < -0.39 is 5.91 Å². The van der Waals surface area contributed by atoms with Crippen LogP contribution >= 0.6 is 0 Å². The van der Waals surface area contributed by atoms with Crippen LogP contribution in [-0.4, -0.2) is 11.8 Å². The number of para-hydroxylation sites is 1. The number of carbonyl (C=O) groups is 2. The fraction of sp³-hybridized carbons (Fsp3) is 0.167. The number of carbonyl (C=O) groups excluding carboxylic acids is 2. The maximum absolute atomic E-state index is 12.3. The second kappa shape index (κ2) is 7.31. The number of nitrogens with zero attached hydrogens (tertiary/aromatic N) is 1. The summed E-state index contributed by atoms with van der Waals surface area (Å²) in [4.78, 5) is 25.4. The molecule has 0 saturated heterocycles. The predicted octanol–water partition coefficient (Wildman–Crippen LogP) is 4.10. The largest absolute Gasteiger partial charge is 0.366 e. The molecule has 0 saturated carbocycles. The Morgan fingerprint density at radius 2 is 1.50 bits per heavy atom. The molecule has 0 atom stereocenters. The van der Waals surface area contributed by atoms with Gasteiger partial charge in [0.25, 0.3) is 0 Å². The van der Waals surface area contributed by atoms with Crippen molar-refractivity contribution in [3.05, 3.63) is 89.0 Å². The number of fused-ring (bicyclic) bond motifs is 2. The van der Waals surface area contributed by atoms with Gasteiger partial charge >= 0.3 is 0 Å². The number of primary amides is 1.